The monoisotopic (exact) mass is 401 g/mol. The second-order valence-corrected chi connectivity index (χ2v) is 8.49. The molecule has 28 heavy (non-hydrogen) atoms. The molecule has 1 aromatic heterocycles. The summed E-state index contributed by atoms with van der Waals surface area (Å²) in [6, 6.07) is 7.69. The average Bonchev–Trinajstić information content (AvgIpc) is 3.12. The Morgan fingerprint density at radius 2 is 2.11 bits per heavy atom. The number of para-hydroxylation sites is 1. The zero-order valence-corrected chi connectivity index (χ0v) is 17.4. The molecular formula is C21H29N4O2S+. The van der Waals surface area contributed by atoms with Gasteiger partial charge in [0.25, 0.3) is 5.91 Å². The van der Waals surface area contributed by atoms with E-state index < -0.39 is 6.03 Å². The Kier molecular flexibility index (Phi) is 7.17. The second kappa shape index (κ2) is 9.80. The van der Waals surface area contributed by atoms with Crippen molar-refractivity contribution in [3.8, 4) is 0 Å². The van der Waals surface area contributed by atoms with Gasteiger partial charge in [-0.3, -0.25) is 10.1 Å². The first kappa shape index (κ1) is 20.5. The third-order valence-electron chi connectivity index (χ3n) is 5.23. The van der Waals surface area contributed by atoms with Gasteiger partial charge in [0.05, 0.1) is 17.3 Å². The van der Waals surface area contributed by atoms with Gasteiger partial charge in [0, 0.05) is 6.54 Å². The van der Waals surface area contributed by atoms with Crippen LogP contribution in [0.15, 0.2) is 35.9 Å². The molecule has 3 rings (SSSR count). The minimum atomic E-state index is -0.415. The van der Waals surface area contributed by atoms with Crippen LogP contribution in [0.2, 0.25) is 0 Å². The Hall–Kier alpha value is -2.25. The van der Waals surface area contributed by atoms with Gasteiger partial charge in [0.15, 0.2) is 11.6 Å². The van der Waals surface area contributed by atoms with Gasteiger partial charge in [-0.1, -0.05) is 23.8 Å². The zero-order chi connectivity index (χ0) is 19.9. The Labute approximate surface area is 170 Å². The average molecular weight is 402 g/mol. The molecule has 0 saturated heterocycles. The van der Waals surface area contributed by atoms with E-state index in [0.29, 0.717) is 6.54 Å². The molecule has 1 aromatic carbocycles. The van der Waals surface area contributed by atoms with Crippen LogP contribution in [0.4, 0.5) is 4.79 Å². The maximum Gasteiger partial charge on any atom is 0.321 e. The van der Waals surface area contributed by atoms with Gasteiger partial charge in [-0.25, -0.2) is 9.78 Å². The number of hydrogen-bond donors (Lipinski definition) is 3. The summed E-state index contributed by atoms with van der Waals surface area (Å²) in [7, 11) is 1.95. The number of carbonyl (C=O) groups excluding carboxylic acids is 2. The fourth-order valence-electron chi connectivity index (χ4n) is 3.38. The number of amides is 3. The van der Waals surface area contributed by atoms with E-state index in [-0.39, 0.29) is 18.5 Å². The molecule has 0 aliphatic heterocycles. The molecule has 1 unspecified atom stereocenters. The third kappa shape index (κ3) is 5.62. The largest absolute Gasteiger partial charge is 0.337 e. The highest BCUT2D eigenvalue weighted by Gasteiger charge is 2.22. The smallest absolute Gasteiger partial charge is 0.321 e. The van der Waals surface area contributed by atoms with Gasteiger partial charge in [-0.05, 0) is 51.2 Å². The third-order valence-corrected chi connectivity index (χ3v) is 6.45. The van der Waals surface area contributed by atoms with Crippen molar-refractivity contribution in [3.05, 3.63) is 40.9 Å². The van der Waals surface area contributed by atoms with Crippen LogP contribution in [0.25, 0.3) is 10.2 Å². The summed E-state index contributed by atoms with van der Waals surface area (Å²) < 4.78 is 1.15. The Morgan fingerprint density at radius 1 is 1.29 bits per heavy atom. The number of benzene rings is 1. The van der Waals surface area contributed by atoms with Crippen molar-refractivity contribution in [2.45, 2.75) is 45.1 Å². The first-order valence-corrected chi connectivity index (χ1v) is 10.8. The lowest BCUT2D eigenvalue weighted by Gasteiger charge is -2.19. The number of aromatic nitrogens is 1. The van der Waals surface area contributed by atoms with Gasteiger partial charge in [0.1, 0.15) is 6.04 Å². The lowest BCUT2D eigenvalue weighted by molar-refractivity contribution is -0.902. The summed E-state index contributed by atoms with van der Waals surface area (Å²) in [4.78, 5) is 29.8. The predicted molar refractivity (Wildman–Crippen MR) is 112 cm³/mol. The van der Waals surface area contributed by atoms with E-state index in [1.807, 2.05) is 25.2 Å². The molecule has 1 heterocycles. The molecule has 3 N–H and O–H groups in total. The lowest BCUT2D eigenvalue weighted by atomic mass is 9.97. The zero-order valence-electron chi connectivity index (χ0n) is 16.6. The van der Waals surface area contributed by atoms with E-state index in [1.165, 1.54) is 18.4 Å². The van der Waals surface area contributed by atoms with Crippen molar-refractivity contribution in [1.82, 2.24) is 15.6 Å². The molecule has 0 bridgehead atoms. The molecule has 2 atom stereocenters. The Bertz CT molecular complexity index is 828. The molecule has 2 aromatic rings. The minimum Gasteiger partial charge on any atom is -0.337 e. The molecule has 3 amide bonds. The number of nitrogens with zero attached hydrogens (tertiary/aromatic N) is 1. The van der Waals surface area contributed by atoms with Crippen LogP contribution in [0.5, 0.6) is 0 Å². The molecule has 0 spiro atoms. The Balaban J connectivity index is 1.42. The molecule has 0 radical (unpaired) electrons. The highest BCUT2D eigenvalue weighted by Crippen LogP contribution is 2.24. The van der Waals surface area contributed by atoms with E-state index in [1.54, 1.807) is 11.3 Å². The molecule has 1 aliphatic carbocycles. The van der Waals surface area contributed by atoms with E-state index >= 15 is 0 Å². The van der Waals surface area contributed by atoms with Crippen molar-refractivity contribution >= 4 is 33.5 Å². The predicted octanol–water partition coefficient (Wildman–Crippen LogP) is 2.59. The number of rotatable bonds is 7. The minimum absolute atomic E-state index is 0.0736. The van der Waals surface area contributed by atoms with Crippen molar-refractivity contribution < 1.29 is 14.5 Å². The number of carbonyl (C=O) groups is 2. The quantitative estimate of drug-likeness (QED) is 0.624. The lowest BCUT2D eigenvalue weighted by Crippen LogP contribution is -3.10. The van der Waals surface area contributed by atoms with E-state index in [2.05, 4.69) is 34.7 Å². The molecule has 150 valence electrons. The van der Waals surface area contributed by atoms with E-state index in [0.717, 1.165) is 39.4 Å². The van der Waals surface area contributed by atoms with Crippen molar-refractivity contribution in [1.29, 1.82) is 0 Å². The van der Waals surface area contributed by atoms with Crippen molar-refractivity contribution in [3.63, 3.8) is 0 Å². The van der Waals surface area contributed by atoms with Crippen LogP contribution < -0.4 is 15.5 Å². The standard InChI is InChI=1S/C21H28N4O2S/c1-15(20-23-17-10-6-7-11-18(17)28-20)25(2)14-19(26)24-21(27)22-13-12-16-8-4-3-5-9-16/h6-8,10-11,15H,3-5,9,12-14H2,1-2H3,(H2,22,24,26,27)/p+1/t15-/m0/s1. The number of imide groups is 1. The number of hydrogen-bond acceptors (Lipinski definition) is 4. The fraction of sp³-hybridized carbons (Fsp3) is 0.476. The van der Waals surface area contributed by atoms with Crippen LogP contribution in [0, 0.1) is 0 Å². The molecule has 1 aliphatic rings. The van der Waals surface area contributed by atoms with Crippen LogP contribution in [0.3, 0.4) is 0 Å². The summed E-state index contributed by atoms with van der Waals surface area (Å²) in [6.07, 6.45) is 7.90. The SMILES string of the molecule is C[C@@H](c1nc2ccccc2s1)[NH+](C)CC(=O)NC(=O)NCCC1=CCCCC1. The summed E-state index contributed by atoms with van der Waals surface area (Å²) in [5.41, 5.74) is 2.39. The number of quaternary nitrogens is 1. The van der Waals surface area contributed by atoms with Crippen LogP contribution in [-0.2, 0) is 4.79 Å². The molecule has 7 heteroatoms. The first-order valence-electron chi connectivity index (χ1n) is 9.96. The summed E-state index contributed by atoms with van der Waals surface area (Å²) in [6.45, 7) is 2.84. The molecule has 0 fully saturated rings. The van der Waals surface area contributed by atoms with Crippen LogP contribution >= 0.6 is 11.3 Å². The summed E-state index contributed by atoms with van der Waals surface area (Å²) in [5.74, 6) is -0.278. The number of allylic oxidation sites excluding steroid dienone is 1. The molecule has 0 saturated carbocycles. The van der Waals surface area contributed by atoms with E-state index in [4.69, 9.17) is 0 Å². The van der Waals surface area contributed by atoms with Gasteiger partial charge >= 0.3 is 6.03 Å². The molecule has 6 nitrogen and oxygen atoms in total. The highest BCUT2D eigenvalue weighted by atomic mass is 32.1. The number of urea groups is 1. The van der Waals surface area contributed by atoms with E-state index in [9.17, 15) is 9.59 Å². The Morgan fingerprint density at radius 3 is 2.86 bits per heavy atom. The number of fused-ring (bicyclic) bond motifs is 1. The fourth-order valence-corrected chi connectivity index (χ4v) is 4.49. The maximum atomic E-state index is 12.2. The number of likely N-dealkylation sites (N-methyl/N-ethyl adjacent to an activating group) is 1. The van der Waals surface area contributed by atoms with Gasteiger partial charge in [-0.15, -0.1) is 11.3 Å². The van der Waals surface area contributed by atoms with Crippen molar-refractivity contribution in [2.75, 3.05) is 20.1 Å². The van der Waals surface area contributed by atoms with Gasteiger partial charge in [-0.2, -0.15) is 0 Å². The second-order valence-electron chi connectivity index (χ2n) is 7.43. The normalized spacial score (nSPS) is 16.3. The summed E-state index contributed by atoms with van der Waals surface area (Å²) >= 11 is 1.65. The summed E-state index contributed by atoms with van der Waals surface area (Å²) in [5, 5.41) is 6.21. The maximum absolute atomic E-state index is 12.2. The van der Waals surface area contributed by atoms with Crippen LogP contribution in [-0.4, -0.2) is 37.1 Å². The van der Waals surface area contributed by atoms with Crippen LogP contribution in [0.1, 0.15) is 50.1 Å². The van der Waals surface area contributed by atoms with Gasteiger partial charge in [0.2, 0.25) is 0 Å². The van der Waals surface area contributed by atoms with Crippen molar-refractivity contribution in [2.24, 2.45) is 0 Å². The van der Waals surface area contributed by atoms with Gasteiger partial charge < -0.3 is 10.2 Å². The number of thiazole rings is 1. The topological polar surface area (TPSA) is 75.5 Å². The number of nitrogens with one attached hydrogen (secondary N) is 3. The first-order chi connectivity index (χ1) is 13.5. The highest BCUT2D eigenvalue weighted by molar-refractivity contribution is 7.18. The molecular weight excluding hydrogens is 372 g/mol.